The monoisotopic (exact) mass is 315 g/mol. The molecule has 0 spiro atoms. The van der Waals surface area contributed by atoms with Crippen LogP contribution in [0.2, 0.25) is 0 Å². The molecule has 3 heterocycles. The van der Waals surface area contributed by atoms with Gasteiger partial charge in [0.15, 0.2) is 0 Å². The zero-order valence-electron chi connectivity index (χ0n) is 13.4. The highest BCUT2D eigenvalue weighted by molar-refractivity contribution is 5.73. The van der Waals surface area contributed by atoms with Crippen LogP contribution < -0.4 is 0 Å². The second-order valence-electron chi connectivity index (χ2n) is 5.86. The van der Waals surface area contributed by atoms with Gasteiger partial charge in [-0.2, -0.15) is 5.10 Å². The van der Waals surface area contributed by atoms with E-state index in [-0.39, 0.29) is 12.1 Å². The van der Waals surface area contributed by atoms with Gasteiger partial charge in [-0.15, -0.1) is 0 Å². The van der Waals surface area contributed by atoms with Crippen molar-refractivity contribution in [2.75, 3.05) is 20.6 Å². The molecule has 0 radical (unpaired) electrons. The molecule has 23 heavy (non-hydrogen) atoms. The molecule has 0 fully saturated rings. The molecule has 1 aliphatic heterocycles. The average Bonchev–Trinajstić information content (AvgIpc) is 2.91. The zero-order chi connectivity index (χ0) is 16.2. The molecule has 0 aliphatic carbocycles. The van der Waals surface area contributed by atoms with Crippen molar-refractivity contribution in [3.8, 4) is 0 Å². The first kappa shape index (κ1) is 15.5. The smallest absolute Gasteiger partial charge is 0.319 e. The van der Waals surface area contributed by atoms with Gasteiger partial charge in [-0.1, -0.05) is 6.07 Å². The third-order valence-corrected chi connectivity index (χ3v) is 3.82. The van der Waals surface area contributed by atoms with Crippen LogP contribution in [-0.4, -0.2) is 57.3 Å². The number of pyridine rings is 1. The Balaban J connectivity index is 1.73. The molecule has 7 heteroatoms. The SMILES string of the molecule is CN(C)C(=O)N1Cc2ccnn2CC(OCc2cccnc2)C1. The molecule has 2 aromatic heterocycles. The van der Waals surface area contributed by atoms with Crippen LogP contribution in [0.25, 0.3) is 0 Å². The number of rotatable bonds is 3. The first-order valence-electron chi connectivity index (χ1n) is 7.61. The number of ether oxygens (including phenoxy) is 1. The molecular weight excluding hydrogens is 294 g/mol. The van der Waals surface area contributed by atoms with Crippen LogP contribution in [0.4, 0.5) is 4.79 Å². The number of carbonyl (C=O) groups is 1. The lowest BCUT2D eigenvalue weighted by Gasteiger charge is -2.27. The first-order valence-corrected chi connectivity index (χ1v) is 7.61. The van der Waals surface area contributed by atoms with Crippen molar-refractivity contribution in [2.24, 2.45) is 0 Å². The maximum absolute atomic E-state index is 12.4. The zero-order valence-corrected chi connectivity index (χ0v) is 13.4. The Morgan fingerprint density at radius 1 is 1.35 bits per heavy atom. The van der Waals surface area contributed by atoms with Gasteiger partial charge >= 0.3 is 6.03 Å². The molecule has 122 valence electrons. The van der Waals surface area contributed by atoms with E-state index in [2.05, 4.69) is 10.1 Å². The van der Waals surface area contributed by atoms with Gasteiger partial charge in [0.05, 0.1) is 38.0 Å². The summed E-state index contributed by atoms with van der Waals surface area (Å²) < 4.78 is 7.94. The van der Waals surface area contributed by atoms with Gasteiger partial charge in [-0.3, -0.25) is 9.67 Å². The van der Waals surface area contributed by atoms with E-state index in [4.69, 9.17) is 4.74 Å². The molecule has 1 aliphatic rings. The van der Waals surface area contributed by atoms with Crippen molar-refractivity contribution in [3.63, 3.8) is 0 Å². The second-order valence-corrected chi connectivity index (χ2v) is 5.86. The Kier molecular flexibility index (Phi) is 4.57. The average molecular weight is 315 g/mol. The number of aromatic nitrogens is 3. The minimum Gasteiger partial charge on any atom is -0.370 e. The lowest BCUT2D eigenvalue weighted by Crippen LogP contribution is -2.42. The Bertz CT molecular complexity index is 656. The molecule has 2 amide bonds. The Morgan fingerprint density at radius 2 is 2.22 bits per heavy atom. The summed E-state index contributed by atoms with van der Waals surface area (Å²) in [5.74, 6) is 0. The topological polar surface area (TPSA) is 63.5 Å². The summed E-state index contributed by atoms with van der Waals surface area (Å²) in [5, 5.41) is 4.33. The summed E-state index contributed by atoms with van der Waals surface area (Å²) in [6.45, 7) is 2.20. The van der Waals surface area contributed by atoms with Crippen LogP contribution in [0, 0.1) is 0 Å². The van der Waals surface area contributed by atoms with Crippen molar-refractivity contribution >= 4 is 6.03 Å². The van der Waals surface area contributed by atoms with Gasteiger partial charge in [0, 0.05) is 32.7 Å². The molecule has 0 bridgehead atoms. The fraction of sp³-hybridized carbons (Fsp3) is 0.438. The van der Waals surface area contributed by atoms with Crippen molar-refractivity contribution in [1.82, 2.24) is 24.6 Å². The molecule has 2 aromatic rings. The quantitative estimate of drug-likeness (QED) is 0.858. The van der Waals surface area contributed by atoms with E-state index in [9.17, 15) is 4.79 Å². The van der Waals surface area contributed by atoms with Gasteiger partial charge in [0.25, 0.3) is 0 Å². The van der Waals surface area contributed by atoms with Crippen LogP contribution in [-0.2, 0) is 24.4 Å². The minimum absolute atomic E-state index is 0.0189. The number of carbonyl (C=O) groups excluding carboxylic acids is 1. The van der Waals surface area contributed by atoms with E-state index in [0.717, 1.165) is 11.3 Å². The highest BCUT2D eigenvalue weighted by Crippen LogP contribution is 2.16. The van der Waals surface area contributed by atoms with Gasteiger partial charge in [-0.05, 0) is 17.7 Å². The third-order valence-electron chi connectivity index (χ3n) is 3.82. The summed E-state index contributed by atoms with van der Waals surface area (Å²) >= 11 is 0. The van der Waals surface area contributed by atoms with Crippen LogP contribution in [0.3, 0.4) is 0 Å². The van der Waals surface area contributed by atoms with Crippen LogP contribution in [0.1, 0.15) is 11.3 Å². The predicted octanol–water partition coefficient (Wildman–Crippen LogP) is 1.36. The van der Waals surface area contributed by atoms with E-state index < -0.39 is 0 Å². The fourth-order valence-corrected chi connectivity index (χ4v) is 2.65. The number of hydrogen-bond donors (Lipinski definition) is 0. The first-order chi connectivity index (χ1) is 11.1. The van der Waals surface area contributed by atoms with Gasteiger partial charge in [0.1, 0.15) is 0 Å². The van der Waals surface area contributed by atoms with E-state index >= 15 is 0 Å². The number of fused-ring (bicyclic) bond motifs is 1. The molecule has 1 atom stereocenters. The minimum atomic E-state index is -0.111. The Hall–Kier alpha value is -2.41. The molecule has 3 rings (SSSR count). The van der Waals surface area contributed by atoms with E-state index in [1.54, 1.807) is 42.5 Å². The number of hydrogen-bond acceptors (Lipinski definition) is 4. The van der Waals surface area contributed by atoms with Gasteiger partial charge in [-0.25, -0.2) is 4.79 Å². The second kappa shape index (κ2) is 6.78. The van der Waals surface area contributed by atoms with Crippen molar-refractivity contribution in [2.45, 2.75) is 25.8 Å². The van der Waals surface area contributed by atoms with Crippen molar-refractivity contribution < 1.29 is 9.53 Å². The summed E-state index contributed by atoms with van der Waals surface area (Å²) in [6, 6.07) is 5.79. The predicted molar refractivity (Wildman–Crippen MR) is 84.5 cm³/mol. The highest BCUT2D eigenvalue weighted by atomic mass is 16.5. The third kappa shape index (κ3) is 3.68. The molecule has 1 unspecified atom stereocenters. The Morgan fingerprint density at radius 3 is 2.96 bits per heavy atom. The molecular formula is C16H21N5O2. The van der Waals surface area contributed by atoms with Crippen LogP contribution in [0.15, 0.2) is 36.8 Å². The normalized spacial score (nSPS) is 17.5. The van der Waals surface area contributed by atoms with Gasteiger partial charge < -0.3 is 14.5 Å². The number of amides is 2. The maximum Gasteiger partial charge on any atom is 0.319 e. The van der Waals surface area contributed by atoms with Crippen LogP contribution in [0.5, 0.6) is 0 Å². The molecule has 0 N–H and O–H groups in total. The summed E-state index contributed by atoms with van der Waals surface area (Å²) in [5.41, 5.74) is 2.04. The van der Waals surface area contributed by atoms with E-state index in [1.165, 1.54) is 0 Å². The summed E-state index contributed by atoms with van der Waals surface area (Å²) in [4.78, 5) is 19.8. The standard InChI is InChI=1S/C16H21N5O2/c1-19(2)16(22)20-9-14-5-7-18-21(14)11-15(10-20)23-12-13-4-3-6-17-8-13/h3-8,15H,9-12H2,1-2H3. The fourth-order valence-electron chi connectivity index (χ4n) is 2.65. The Labute approximate surface area is 135 Å². The number of nitrogens with zero attached hydrogens (tertiary/aromatic N) is 5. The molecule has 0 saturated carbocycles. The maximum atomic E-state index is 12.4. The summed E-state index contributed by atoms with van der Waals surface area (Å²) in [6.07, 6.45) is 5.18. The van der Waals surface area contributed by atoms with Crippen LogP contribution >= 0.6 is 0 Å². The summed E-state index contributed by atoms with van der Waals surface area (Å²) in [7, 11) is 3.52. The molecule has 0 saturated heterocycles. The molecule has 7 nitrogen and oxygen atoms in total. The lowest BCUT2D eigenvalue weighted by molar-refractivity contribution is 0.0130. The van der Waals surface area contributed by atoms with Crippen molar-refractivity contribution in [1.29, 1.82) is 0 Å². The van der Waals surface area contributed by atoms with Gasteiger partial charge in [0.2, 0.25) is 0 Å². The van der Waals surface area contributed by atoms with E-state index in [1.807, 2.05) is 22.9 Å². The number of urea groups is 1. The molecule has 0 aromatic carbocycles. The van der Waals surface area contributed by atoms with E-state index in [0.29, 0.717) is 26.2 Å². The largest absolute Gasteiger partial charge is 0.370 e. The van der Waals surface area contributed by atoms with Crippen molar-refractivity contribution in [3.05, 3.63) is 48.0 Å². The highest BCUT2D eigenvalue weighted by Gasteiger charge is 2.26. The lowest BCUT2D eigenvalue weighted by atomic mass is 10.3.